The van der Waals surface area contributed by atoms with Gasteiger partial charge in [0.1, 0.15) is 0 Å². The summed E-state index contributed by atoms with van der Waals surface area (Å²) in [6.07, 6.45) is 0.654. The molecule has 1 rings (SSSR count). The summed E-state index contributed by atoms with van der Waals surface area (Å²) in [5.74, 6) is -0.805. The van der Waals surface area contributed by atoms with Crippen molar-refractivity contribution in [1.29, 1.82) is 0 Å². The first-order valence-electron chi connectivity index (χ1n) is 5.40. The fourth-order valence-corrected chi connectivity index (χ4v) is 1.33. The summed E-state index contributed by atoms with van der Waals surface area (Å²) >= 11 is 0. The highest BCUT2D eigenvalue weighted by atomic mass is 16.3. The Bertz CT molecular complexity index is 397. The number of benzene rings is 1. The van der Waals surface area contributed by atoms with Gasteiger partial charge in [0, 0.05) is 11.1 Å². The first kappa shape index (κ1) is 13.2. The molecule has 17 heavy (non-hydrogen) atoms. The molecule has 0 radical (unpaired) electrons. The van der Waals surface area contributed by atoms with Gasteiger partial charge in [-0.25, -0.2) is 0 Å². The molecule has 5 heteroatoms. The summed E-state index contributed by atoms with van der Waals surface area (Å²) in [6.45, 7) is 1.78. The third-order valence-electron chi connectivity index (χ3n) is 2.48. The normalized spacial score (nSPS) is 11.9. The van der Waals surface area contributed by atoms with E-state index < -0.39 is 5.91 Å². The SMILES string of the molecule is CCC(CO)NC(=O)c1ccc(C(N)=O)cc1. The number of aliphatic hydroxyl groups excluding tert-OH is 1. The lowest BCUT2D eigenvalue weighted by atomic mass is 10.1. The summed E-state index contributed by atoms with van der Waals surface area (Å²) in [5, 5.41) is 11.6. The van der Waals surface area contributed by atoms with Crippen LogP contribution in [-0.2, 0) is 0 Å². The van der Waals surface area contributed by atoms with Crippen LogP contribution in [0.2, 0.25) is 0 Å². The van der Waals surface area contributed by atoms with Crippen LogP contribution in [0.4, 0.5) is 0 Å². The summed E-state index contributed by atoms with van der Waals surface area (Å²) in [6, 6.07) is 5.80. The van der Waals surface area contributed by atoms with Crippen molar-refractivity contribution < 1.29 is 14.7 Å². The summed E-state index contributed by atoms with van der Waals surface area (Å²) in [5.41, 5.74) is 5.88. The Hall–Kier alpha value is -1.88. The second kappa shape index (κ2) is 6.00. The van der Waals surface area contributed by atoms with Crippen LogP contribution in [0.25, 0.3) is 0 Å². The Kier molecular flexibility index (Phi) is 4.66. The van der Waals surface area contributed by atoms with Gasteiger partial charge in [0.05, 0.1) is 12.6 Å². The first-order chi connectivity index (χ1) is 8.08. The number of carbonyl (C=O) groups is 2. The van der Waals surface area contributed by atoms with Crippen molar-refractivity contribution in [2.45, 2.75) is 19.4 Å². The largest absolute Gasteiger partial charge is 0.394 e. The molecule has 0 heterocycles. The number of nitrogens with two attached hydrogens (primary N) is 1. The van der Waals surface area contributed by atoms with E-state index in [1.54, 1.807) is 0 Å². The lowest BCUT2D eigenvalue weighted by molar-refractivity contribution is 0.0913. The maximum Gasteiger partial charge on any atom is 0.251 e. The number of hydrogen-bond acceptors (Lipinski definition) is 3. The molecule has 0 saturated carbocycles. The zero-order valence-corrected chi connectivity index (χ0v) is 9.64. The summed E-state index contributed by atoms with van der Waals surface area (Å²) in [7, 11) is 0. The Morgan fingerprint density at radius 3 is 2.24 bits per heavy atom. The quantitative estimate of drug-likeness (QED) is 0.686. The lowest BCUT2D eigenvalue weighted by Gasteiger charge is -2.13. The third-order valence-corrected chi connectivity index (χ3v) is 2.48. The highest BCUT2D eigenvalue weighted by Gasteiger charge is 2.11. The van der Waals surface area contributed by atoms with Crippen LogP contribution < -0.4 is 11.1 Å². The topological polar surface area (TPSA) is 92.4 Å². The Balaban J connectivity index is 2.73. The maximum absolute atomic E-state index is 11.7. The fourth-order valence-electron chi connectivity index (χ4n) is 1.33. The van der Waals surface area contributed by atoms with Crippen LogP contribution in [-0.4, -0.2) is 29.6 Å². The predicted molar refractivity (Wildman–Crippen MR) is 63.6 cm³/mol. The van der Waals surface area contributed by atoms with Gasteiger partial charge in [-0.2, -0.15) is 0 Å². The van der Waals surface area contributed by atoms with Gasteiger partial charge in [-0.1, -0.05) is 6.92 Å². The average molecular weight is 236 g/mol. The van der Waals surface area contributed by atoms with E-state index in [1.165, 1.54) is 24.3 Å². The molecule has 1 aromatic carbocycles. The number of carbonyl (C=O) groups excluding carboxylic acids is 2. The van der Waals surface area contributed by atoms with Gasteiger partial charge in [0.15, 0.2) is 0 Å². The monoisotopic (exact) mass is 236 g/mol. The van der Waals surface area contributed by atoms with Crippen LogP contribution in [0.15, 0.2) is 24.3 Å². The van der Waals surface area contributed by atoms with E-state index >= 15 is 0 Å². The zero-order valence-electron chi connectivity index (χ0n) is 9.64. The fraction of sp³-hybridized carbons (Fsp3) is 0.333. The van der Waals surface area contributed by atoms with Crippen LogP contribution in [0.1, 0.15) is 34.1 Å². The van der Waals surface area contributed by atoms with Crippen molar-refractivity contribution >= 4 is 11.8 Å². The Labute approximate surface area is 99.6 Å². The standard InChI is InChI=1S/C12H16N2O3/c1-2-10(7-15)14-12(17)9-5-3-8(4-6-9)11(13)16/h3-6,10,15H,2,7H2,1H3,(H2,13,16)(H,14,17). The molecule has 5 nitrogen and oxygen atoms in total. The van der Waals surface area contributed by atoms with Gasteiger partial charge in [-0.05, 0) is 30.7 Å². The molecule has 2 amide bonds. The molecule has 1 aromatic rings. The van der Waals surface area contributed by atoms with Crippen molar-refractivity contribution in [2.75, 3.05) is 6.61 Å². The van der Waals surface area contributed by atoms with Crippen LogP contribution in [0, 0.1) is 0 Å². The molecule has 0 spiro atoms. The van der Waals surface area contributed by atoms with Crippen LogP contribution in [0.3, 0.4) is 0 Å². The molecular formula is C12H16N2O3. The van der Waals surface area contributed by atoms with Gasteiger partial charge in [0.25, 0.3) is 5.91 Å². The number of rotatable bonds is 5. The van der Waals surface area contributed by atoms with Gasteiger partial charge in [0.2, 0.25) is 5.91 Å². The molecule has 92 valence electrons. The van der Waals surface area contributed by atoms with Crippen molar-refractivity contribution in [2.24, 2.45) is 5.73 Å². The molecule has 1 unspecified atom stereocenters. The van der Waals surface area contributed by atoms with Gasteiger partial charge < -0.3 is 16.2 Å². The van der Waals surface area contributed by atoms with E-state index in [9.17, 15) is 9.59 Å². The second-order valence-electron chi connectivity index (χ2n) is 3.70. The van der Waals surface area contributed by atoms with Crippen LogP contribution >= 0.6 is 0 Å². The van der Waals surface area contributed by atoms with E-state index in [2.05, 4.69) is 5.32 Å². The molecule has 1 atom stereocenters. The number of nitrogens with one attached hydrogen (secondary N) is 1. The van der Waals surface area contributed by atoms with Gasteiger partial charge in [-0.15, -0.1) is 0 Å². The maximum atomic E-state index is 11.7. The number of amides is 2. The molecule has 0 fully saturated rings. The van der Waals surface area contributed by atoms with Crippen molar-refractivity contribution in [3.63, 3.8) is 0 Å². The summed E-state index contributed by atoms with van der Waals surface area (Å²) in [4.78, 5) is 22.6. The number of aliphatic hydroxyl groups is 1. The number of primary amides is 1. The molecule has 0 aliphatic carbocycles. The highest BCUT2D eigenvalue weighted by Crippen LogP contribution is 2.04. The minimum absolute atomic E-state index is 0.0956. The molecule has 0 saturated heterocycles. The van der Waals surface area contributed by atoms with Gasteiger partial charge in [-0.3, -0.25) is 9.59 Å². The zero-order chi connectivity index (χ0) is 12.8. The Morgan fingerprint density at radius 1 is 1.29 bits per heavy atom. The molecule has 4 N–H and O–H groups in total. The minimum Gasteiger partial charge on any atom is -0.394 e. The molecule has 0 aliphatic heterocycles. The first-order valence-corrected chi connectivity index (χ1v) is 5.40. The van der Waals surface area contributed by atoms with Crippen molar-refractivity contribution in [1.82, 2.24) is 5.32 Å². The van der Waals surface area contributed by atoms with E-state index in [0.717, 1.165) is 0 Å². The number of hydrogen-bond donors (Lipinski definition) is 3. The molecule has 0 aromatic heterocycles. The Morgan fingerprint density at radius 2 is 1.82 bits per heavy atom. The highest BCUT2D eigenvalue weighted by molar-refractivity contribution is 5.97. The van der Waals surface area contributed by atoms with Crippen molar-refractivity contribution in [3.05, 3.63) is 35.4 Å². The minimum atomic E-state index is -0.529. The van der Waals surface area contributed by atoms with Crippen molar-refractivity contribution in [3.8, 4) is 0 Å². The average Bonchev–Trinajstić information content (AvgIpc) is 2.35. The third kappa shape index (κ3) is 3.57. The predicted octanol–water partition coefficient (Wildman–Crippen LogP) is 0.286. The van der Waals surface area contributed by atoms with Crippen LogP contribution in [0.5, 0.6) is 0 Å². The smallest absolute Gasteiger partial charge is 0.251 e. The van der Waals surface area contributed by atoms with E-state index in [0.29, 0.717) is 17.5 Å². The van der Waals surface area contributed by atoms with E-state index in [4.69, 9.17) is 10.8 Å². The van der Waals surface area contributed by atoms with E-state index in [1.807, 2.05) is 6.92 Å². The molecular weight excluding hydrogens is 220 g/mol. The second-order valence-corrected chi connectivity index (χ2v) is 3.70. The van der Waals surface area contributed by atoms with E-state index in [-0.39, 0.29) is 18.6 Å². The summed E-state index contributed by atoms with van der Waals surface area (Å²) < 4.78 is 0. The molecule has 0 aliphatic rings. The molecule has 0 bridgehead atoms. The lowest BCUT2D eigenvalue weighted by Crippen LogP contribution is -2.36. The van der Waals surface area contributed by atoms with Gasteiger partial charge >= 0.3 is 0 Å².